The summed E-state index contributed by atoms with van der Waals surface area (Å²) in [6.45, 7) is 10.9. The van der Waals surface area contributed by atoms with Gasteiger partial charge in [-0.2, -0.15) is 0 Å². The van der Waals surface area contributed by atoms with Crippen molar-refractivity contribution < 1.29 is 38.1 Å². The molecular formula is C41H77NO8. The van der Waals surface area contributed by atoms with Crippen molar-refractivity contribution in [3.05, 3.63) is 0 Å². The molecule has 0 radical (unpaired) electrons. The number of carbonyl (C=O) groups is 4. The van der Waals surface area contributed by atoms with Gasteiger partial charge in [0.1, 0.15) is 31.8 Å². The Labute approximate surface area is 306 Å². The van der Waals surface area contributed by atoms with Crippen molar-refractivity contribution in [1.82, 2.24) is 4.90 Å². The van der Waals surface area contributed by atoms with E-state index >= 15 is 0 Å². The molecule has 0 N–H and O–H groups in total. The van der Waals surface area contributed by atoms with Gasteiger partial charge in [0.15, 0.2) is 0 Å². The highest BCUT2D eigenvalue weighted by atomic mass is 16.6. The number of ether oxygens (including phenoxy) is 4. The van der Waals surface area contributed by atoms with Gasteiger partial charge in [-0.05, 0) is 64.6 Å². The lowest BCUT2D eigenvalue weighted by atomic mass is 9.79. The fourth-order valence-corrected chi connectivity index (χ4v) is 6.14. The number of rotatable bonds is 34. The van der Waals surface area contributed by atoms with Gasteiger partial charge in [-0.1, -0.05) is 118 Å². The first-order valence-corrected chi connectivity index (χ1v) is 20.3. The van der Waals surface area contributed by atoms with Crippen molar-refractivity contribution in [3.8, 4) is 0 Å². The topological polar surface area (TPSA) is 108 Å². The summed E-state index contributed by atoms with van der Waals surface area (Å²) in [4.78, 5) is 53.7. The maximum Gasteiger partial charge on any atom is 0.305 e. The molecule has 0 aliphatic carbocycles. The summed E-state index contributed by atoms with van der Waals surface area (Å²) in [5.74, 6) is -0.396. The monoisotopic (exact) mass is 712 g/mol. The Morgan fingerprint density at radius 3 is 1.10 bits per heavy atom. The summed E-state index contributed by atoms with van der Waals surface area (Å²) in [6, 6.07) is 0. The van der Waals surface area contributed by atoms with E-state index in [1.54, 1.807) is 0 Å². The number of nitrogens with zero attached hydrogens (tertiary/aromatic N) is 1. The predicted molar refractivity (Wildman–Crippen MR) is 202 cm³/mol. The second kappa shape index (κ2) is 31.6. The zero-order chi connectivity index (χ0) is 37.5. The number of carbonyl (C=O) groups excluding carboxylic acids is 4. The Balaban J connectivity index is 5.91. The highest BCUT2D eigenvalue weighted by molar-refractivity contribution is 5.71. The molecular weight excluding hydrogens is 634 g/mol. The molecule has 0 saturated carbocycles. The second-order valence-electron chi connectivity index (χ2n) is 14.8. The second-order valence-corrected chi connectivity index (χ2v) is 14.8. The van der Waals surface area contributed by atoms with Crippen LogP contribution < -0.4 is 0 Å². The maximum absolute atomic E-state index is 13.4. The summed E-state index contributed by atoms with van der Waals surface area (Å²) in [5.41, 5.74) is -1.21. The predicted octanol–water partition coefficient (Wildman–Crippen LogP) is 9.62. The first kappa shape index (κ1) is 47.8. The van der Waals surface area contributed by atoms with Crippen molar-refractivity contribution in [2.45, 2.75) is 176 Å². The van der Waals surface area contributed by atoms with Crippen LogP contribution in [0.5, 0.6) is 0 Å². The van der Waals surface area contributed by atoms with Crippen LogP contribution in [0.25, 0.3) is 0 Å². The van der Waals surface area contributed by atoms with Crippen LogP contribution in [0.3, 0.4) is 0 Å². The first-order valence-electron chi connectivity index (χ1n) is 20.3. The van der Waals surface area contributed by atoms with E-state index in [4.69, 9.17) is 18.9 Å². The van der Waals surface area contributed by atoms with Gasteiger partial charge >= 0.3 is 23.9 Å². The minimum absolute atomic E-state index is 0.182. The third-order valence-corrected chi connectivity index (χ3v) is 9.53. The fourth-order valence-electron chi connectivity index (χ4n) is 6.14. The average Bonchev–Trinajstić information content (AvgIpc) is 3.10. The van der Waals surface area contributed by atoms with Crippen LogP contribution in [0.2, 0.25) is 0 Å². The van der Waals surface area contributed by atoms with Crippen molar-refractivity contribution in [3.63, 3.8) is 0 Å². The van der Waals surface area contributed by atoms with Crippen molar-refractivity contribution in [2.75, 3.05) is 47.1 Å². The molecule has 50 heavy (non-hydrogen) atoms. The molecule has 294 valence electrons. The van der Waals surface area contributed by atoms with E-state index in [1.807, 2.05) is 14.1 Å². The molecule has 0 aliphatic rings. The molecule has 0 aromatic carbocycles. The van der Waals surface area contributed by atoms with Gasteiger partial charge in [-0.15, -0.1) is 0 Å². The van der Waals surface area contributed by atoms with E-state index in [-0.39, 0.29) is 69.6 Å². The molecule has 1 atom stereocenters. The maximum atomic E-state index is 13.4. The lowest BCUT2D eigenvalue weighted by Gasteiger charge is -2.32. The largest absolute Gasteiger partial charge is 0.465 e. The zero-order valence-corrected chi connectivity index (χ0v) is 33.5. The number of esters is 4. The molecule has 0 aliphatic heterocycles. The third kappa shape index (κ3) is 25.7. The van der Waals surface area contributed by atoms with Crippen LogP contribution in [-0.2, 0) is 38.1 Å². The quantitative estimate of drug-likeness (QED) is 0.0366. The highest BCUT2D eigenvalue weighted by Gasteiger charge is 2.38. The van der Waals surface area contributed by atoms with Crippen LogP contribution >= 0.6 is 0 Å². The van der Waals surface area contributed by atoms with Gasteiger partial charge in [0, 0.05) is 25.7 Å². The highest BCUT2D eigenvalue weighted by Crippen LogP contribution is 2.32. The Morgan fingerprint density at radius 1 is 0.440 bits per heavy atom. The molecule has 0 amide bonds. The number of unbranched alkanes of at least 4 members (excludes halogenated alkanes) is 8. The summed E-state index contributed by atoms with van der Waals surface area (Å²) in [5, 5.41) is 0. The van der Waals surface area contributed by atoms with Gasteiger partial charge in [0.05, 0.1) is 0 Å². The van der Waals surface area contributed by atoms with Crippen LogP contribution in [0, 0.1) is 17.3 Å². The van der Waals surface area contributed by atoms with Gasteiger partial charge in [-0.25, -0.2) is 0 Å². The van der Waals surface area contributed by atoms with Crippen molar-refractivity contribution >= 4 is 23.9 Å². The van der Waals surface area contributed by atoms with E-state index in [0.29, 0.717) is 37.5 Å². The summed E-state index contributed by atoms with van der Waals surface area (Å²) in [7, 11) is 3.98. The van der Waals surface area contributed by atoms with Crippen LogP contribution in [-0.4, -0.2) is 75.8 Å². The van der Waals surface area contributed by atoms with Crippen LogP contribution in [0.15, 0.2) is 0 Å². The van der Waals surface area contributed by atoms with E-state index in [1.165, 1.54) is 38.5 Å². The standard InChI is InChI=1S/C41H77NO8/c1-8-13-18-25-37(43)47-31-41(32-48-38(44)26-19-14-9-2,33-49-39(45)27-20-21-30-42(6)7)34-50-40(46)29-28-36(24-17-12-5)35(22-15-10-3)23-16-11-4/h35-36H,8-34H2,1-7H3. The lowest BCUT2D eigenvalue weighted by molar-refractivity contribution is -0.170. The molecule has 9 nitrogen and oxygen atoms in total. The van der Waals surface area contributed by atoms with Crippen molar-refractivity contribution in [1.29, 1.82) is 0 Å². The molecule has 0 spiro atoms. The molecule has 0 aromatic heterocycles. The summed E-state index contributed by atoms with van der Waals surface area (Å²) in [6.07, 6.45) is 19.1. The SMILES string of the molecule is CCCCCC(=O)OCC(COC(=O)CCCCC)(COC(=O)CCCCN(C)C)COC(=O)CCC(CCCC)C(CCCC)CCCC. The Kier molecular flexibility index (Phi) is 30.2. The zero-order valence-electron chi connectivity index (χ0n) is 33.5. The molecule has 0 aromatic rings. The minimum Gasteiger partial charge on any atom is -0.465 e. The average molecular weight is 712 g/mol. The molecule has 1 unspecified atom stereocenters. The van der Waals surface area contributed by atoms with Gasteiger partial charge in [0.2, 0.25) is 0 Å². The normalized spacial score (nSPS) is 12.3. The van der Waals surface area contributed by atoms with Gasteiger partial charge in [0.25, 0.3) is 0 Å². The molecule has 0 rings (SSSR count). The minimum atomic E-state index is -1.21. The Morgan fingerprint density at radius 2 is 0.760 bits per heavy atom. The molecule has 0 heterocycles. The van der Waals surface area contributed by atoms with Crippen LogP contribution in [0.1, 0.15) is 176 Å². The Hall–Kier alpha value is -2.16. The van der Waals surface area contributed by atoms with E-state index in [2.05, 4.69) is 39.5 Å². The Bertz CT molecular complexity index is 843. The smallest absolute Gasteiger partial charge is 0.305 e. The molecule has 0 saturated heterocycles. The third-order valence-electron chi connectivity index (χ3n) is 9.53. The first-order chi connectivity index (χ1) is 24.1. The summed E-state index contributed by atoms with van der Waals surface area (Å²) >= 11 is 0. The van der Waals surface area contributed by atoms with Crippen LogP contribution in [0.4, 0.5) is 0 Å². The number of hydrogen-bond acceptors (Lipinski definition) is 9. The van der Waals surface area contributed by atoms with Crippen molar-refractivity contribution in [2.24, 2.45) is 17.3 Å². The summed E-state index contributed by atoms with van der Waals surface area (Å²) < 4.78 is 23.0. The molecule has 0 bridgehead atoms. The van der Waals surface area contributed by atoms with Gasteiger partial charge < -0.3 is 23.8 Å². The van der Waals surface area contributed by atoms with E-state index < -0.39 is 5.41 Å². The lowest BCUT2D eigenvalue weighted by Crippen LogP contribution is -2.44. The number of hydrogen-bond donors (Lipinski definition) is 0. The van der Waals surface area contributed by atoms with E-state index in [0.717, 1.165) is 64.3 Å². The molecule has 0 fully saturated rings. The molecule has 9 heteroatoms. The fraction of sp³-hybridized carbons (Fsp3) is 0.902. The van der Waals surface area contributed by atoms with Gasteiger partial charge in [-0.3, -0.25) is 19.2 Å². The van der Waals surface area contributed by atoms with E-state index in [9.17, 15) is 19.2 Å².